The van der Waals surface area contributed by atoms with Crippen LogP contribution in [0.15, 0.2) is 30.3 Å². The summed E-state index contributed by atoms with van der Waals surface area (Å²) < 4.78 is 12.9. The molecule has 0 atom stereocenters. The van der Waals surface area contributed by atoms with E-state index in [-0.39, 0.29) is 5.82 Å². The maximum absolute atomic E-state index is 12.9. The van der Waals surface area contributed by atoms with Gasteiger partial charge >= 0.3 is 0 Å². The second-order valence-corrected chi connectivity index (χ2v) is 4.39. The van der Waals surface area contributed by atoms with Gasteiger partial charge in [-0.1, -0.05) is 0 Å². The first kappa shape index (κ1) is 13.0. The van der Waals surface area contributed by atoms with Crippen LogP contribution in [0.5, 0.6) is 0 Å². The molecule has 0 saturated heterocycles. The number of nitrogens with zero attached hydrogens (tertiary/aromatic N) is 3. The van der Waals surface area contributed by atoms with Gasteiger partial charge in [0.25, 0.3) is 0 Å². The molecule has 3 nitrogen and oxygen atoms in total. The van der Waals surface area contributed by atoms with Crippen molar-refractivity contribution in [2.45, 2.75) is 13.8 Å². The minimum Gasteiger partial charge on any atom is -0.343 e. The van der Waals surface area contributed by atoms with E-state index in [1.165, 1.54) is 12.1 Å². The average Bonchev–Trinajstić information content (AvgIpc) is 2.38. The highest BCUT2D eigenvalue weighted by Gasteiger charge is 2.13. The van der Waals surface area contributed by atoms with Gasteiger partial charge in [0.1, 0.15) is 11.9 Å². The SMILES string of the molecule is Cc1cc(N(C)c2ccc(F)cc2)c(C#N)c(C)n1. The third kappa shape index (κ3) is 2.55. The molecule has 0 radical (unpaired) electrons. The zero-order valence-corrected chi connectivity index (χ0v) is 11.1. The van der Waals surface area contributed by atoms with Gasteiger partial charge in [0.2, 0.25) is 0 Å². The molecule has 0 aliphatic carbocycles. The number of aromatic nitrogens is 1. The largest absolute Gasteiger partial charge is 0.343 e. The van der Waals surface area contributed by atoms with Crippen LogP contribution in [0.1, 0.15) is 17.0 Å². The van der Waals surface area contributed by atoms with Crippen molar-refractivity contribution >= 4 is 11.4 Å². The molecule has 1 aromatic carbocycles. The van der Waals surface area contributed by atoms with E-state index in [4.69, 9.17) is 0 Å². The van der Waals surface area contributed by atoms with Crippen molar-refractivity contribution in [2.75, 3.05) is 11.9 Å². The lowest BCUT2D eigenvalue weighted by Crippen LogP contribution is -2.12. The average molecular weight is 255 g/mol. The number of benzene rings is 1. The van der Waals surface area contributed by atoms with E-state index in [0.29, 0.717) is 11.3 Å². The molecule has 4 heteroatoms. The first-order valence-electron chi connectivity index (χ1n) is 5.90. The predicted molar refractivity (Wildman–Crippen MR) is 72.9 cm³/mol. The maximum atomic E-state index is 12.9. The summed E-state index contributed by atoms with van der Waals surface area (Å²) in [5, 5.41) is 9.25. The van der Waals surface area contributed by atoms with Crippen molar-refractivity contribution < 1.29 is 4.39 Å². The quantitative estimate of drug-likeness (QED) is 0.824. The molecule has 0 amide bonds. The Morgan fingerprint density at radius 2 is 1.84 bits per heavy atom. The second kappa shape index (κ2) is 5.07. The number of rotatable bonds is 2. The van der Waals surface area contributed by atoms with Crippen molar-refractivity contribution in [3.8, 4) is 6.07 Å². The van der Waals surface area contributed by atoms with Crippen LogP contribution in [-0.4, -0.2) is 12.0 Å². The normalized spacial score (nSPS) is 10.1. The highest BCUT2D eigenvalue weighted by molar-refractivity contribution is 5.69. The molecule has 96 valence electrons. The number of pyridine rings is 1. The van der Waals surface area contributed by atoms with Crippen molar-refractivity contribution in [3.63, 3.8) is 0 Å². The molecular weight excluding hydrogens is 241 g/mol. The summed E-state index contributed by atoms with van der Waals surface area (Å²) in [6.45, 7) is 3.70. The van der Waals surface area contributed by atoms with Crippen LogP contribution >= 0.6 is 0 Å². The van der Waals surface area contributed by atoms with Crippen LogP contribution in [0, 0.1) is 31.0 Å². The third-order valence-corrected chi connectivity index (χ3v) is 2.99. The van der Waals surface area contributed by atoms with Gasteiger partial charge in [0.05, 0.1) is 16.9 Å². The Kier molecular flexibility index (Phi) is 3.48. The number of anilines is 2. The van der Waals surface area contributed by atoms with E-state index < -0.39 is 0 Å². The van der Waals surface area contributed by atoms with Crippen LogP contribution < -0.4 is 4.90 Å². The Balaban J connectivity index is 2.52. The zero-order valence-electron chi connectivity index (χ0n) is 11.1. The summed E-state index contributed by atoms with van der Waals surface area (Å²) >= 11 is 0. The van der Waals surface area contributed by atoms with Crippen molar-refractivity contribution in [3.05, 3.63) is 53.1 Å². The van der Waals surface area contributed by atoms with Crippen LogP contribution in [-0.2, 0) is 0 Å². The van der Waals surface area contributed by atoms with E-state index in [1.54, 1.807) is 12.1 Å². The lowest BCUT2D eigenvalue weighted by atomic mass is 10.1. The number of aryl methyl sites for hydroxylation is 2. The maximum Gasteiger partial charge on any atom is 0.123 e. The van der Waals surface area contributed by atoms with E-state index in [0.717, 1.165) is 17.1 Å². The van der Waals surface area contributed by atoms with Crippen molar-refractivity contribution in [1.82, 2.24) is 4.98 Å². The second-order valence-electron chi connectivity index (χ2n) is 4.39. The topological polar surface area (TPSA) is 39.9 Å². The number of hydrogen-bond donors (Lipinski definition) is 0. The van der Waals surface area contributed by atoms with E-state index in [9.17, 15) is 9.65 Å². The van der Waals surface area contributed by atoms with Crippen LogP contribution in [0.4, 0.5) is 15.8 Å². The molecule has 1 heterocycles. The van der Waals surface area contributed by atoms with Gasteiger partial charge in [0.15, 0.2) is 0 Å². The van der Waals surface area contributed by atoms with Gasteiger partial charge in [-0.05, 0) is 44.2 Å². The summed E-state index contributed by atoms with van der Waals surface area (Å²) in [4.78, 5) is 6.15. The van der Waals surface area contributed by atoms with Gasteiger partial charge in [0, 0.05) is 18.4 Å². The molecule has 0 aliphatic rings. The summed E-state index contributed by atoms with van der Waals surface area (Å²) in [6.07, 6.45) is 0. The van der Waals surface area contributed by atoms with Crippen LogP contribution in [0.25, 0.3) is 0 Å². The molecule has 0 aliphatic heterocycles. The minimum atomic E-state index is -0.278. The van der Waals surface area contributed by atoms with Gasteiger partial charge in [-0.25, -0.2) is 4.39 Å². The number of halogens is 1. The fraction of sp³-hybridized carbons (Fsp3) is 0.200. The molecule has 2 rings (SSSR count). The predicted octanol–water partition coefficient (Wildman–Crippen LogP) is 3.48. The molecule has 0 unspecified atom stereocenters. The Hall–Kier alpha value is -2.41. The van der Waals surface area contributed by atoms with Crippen LogP contribution in [0.3, 0.4) is 0 Å². The first-order chi connectivity index (χ1) is 9.02. The zero-order chi connectivity index (χ0) is 14.0. The molecule has 1 aromatic heterocycles. The van der Waals surface area contributed by atoms with Gasteiger partial charge in [-0.3, -0.25) is 4.98 Å². The summed E-state index contributed by atoms with van der Waals surface area (Å²) in [6, 6.07) is 10.2. The lowest BCUT2D eigenvalue weighted by Gasteiger charge is -2.21. The smallest absolute Gasteiger partial charge is 0.123 e. The lowest BCUT2D eigenvalue weighted by molar-refractivity contribution is 0.628. The van der Waals surface area contributed by atoms with E-state index in [1.807, 2.05) is 31.9 Å². The molecular formula is C15H14FN3. The Morgan fingerprint density at radius 3 is 2.42 bits per heavy atom. The van der Waals surface area contributed by atoms with E-state index in [2.05, 4.69) is 11.1 Å². The Morgan fingerprint density at radius 1 is 1.21 bits per heavy atom. The molecule has 0 fully saturated rings. The molecule has 0 bridgehead atoms. The van der Waals surface area contributed by atoms with Gasteiger partial charge in [-0.2, -0.15) is 5.26 Å². The molecule has 19 heavy (non-hydrogen) atoms. The third-order valence-electron chi connectivity index (χ3n) is 2.99. The van der Waals surface area contributed by atoms with Gasteiger partial charge in [-0.15, -0.1) is 0 Å². The summed E-state index contributed by atoms with van der Waals surface area (Å²) in [5.74, 6) is -0.278. The summed E-state index contributed by atoms with van der Waals surface area (Å²) in [5.41, 5.74) is 3.69. The van der Waals surface area contributed by atoms with Crippen LogP contribution in [0.2, 0.25) is 0 Å². The fourth-order valence-electron chi connectivity index (χ4n) is 2.01. The Labute approximate surface area is 111 Å². The van der Waals surface area contributed by atoms with Crippen molar-refractivity contribution in [1.29, 1.82) is 5.26 Å². The minimum absolute atomic E-state index is 0.278. The molecule has 0 saturated carbocycles. The molecule has 0 N–H and O–H groups in total. The number of nitriles is 1. The first-order valence-corrected chi connectivity index (χ1v) is 5.90. The highest BCUT2D eigenvalue weighted by atomic mass is 19.1. The van der Waals surface area contributed by atoms with Gasteiger partial charge < -0.3 is 4.90 Å². The highest BCUT2D eigenvalue weighted by Crippen LogP contribution is 2.28. The fourth-order valence-corrected chi connectivity index (χ4v) is 2.01. The van der Waals surface area contributed by atoms with Crippen molar-refractivity contribution in [2.24, 2.45) is 0 Å². The molecule has 0 spiro atoms. The van der Waals surface area contributed by atoms with E-state index >= 15 is 0 Å². The monoisotopic (exact) mass is 255 g/mol. The number of hydrogen-bond acceptors (Lipinski definition) is 3. The Bertz CT molecular complexity index is 642. The molecule has 2 aromatic rings. The standard InChI is InChI=1S/C15H14FN3/c1-10-8-15(14(9-17)11(2)18-10)19(3)13-6-4-12(16)5-7-13/h4-8H,1-3H3. The summed E-state index contributed by atoms with van der Waals surface area (Å²) in [7, 11) is 1.85.